The molecule has 0 radical (unpaired) electrons. The molecule has 3 aliphatic heterocycles. The van der Waals surface area contributed by atoms with Gasteiger partial charge in [0.1, 0.15) is 11.5 Å². The van der Waals surface area contributed by atoms with Crippen LogP contribution >= 0.6 is 0 Å². The maximum absolute atomic E-state index is 12.5. The molecular formula is C24H24N8O2. The number of aromatic amines is 1. The van der Waals surface area contributed by atoms with Gasteiger partial charge in [0.15, 0.2) is 5.84 Å². The Balaban J connectivity index is 1.36. The predicted octanol–water partition coefficient (Wildman–Crippen LogP) is 1.71. The molecule has 0 aliphatic carbocycles. The molecule has 3 aromatic rings. The number of H-pyrrole nitrogens is 1. The average molecular weight is 457 g/mol. The number of hydrogen-bond donors (Lipinski definition) is 3. The minimum atomic E-state index is -0.488. The normalized spacial score (nSPS) is 18.1. The molecule has 3 aliphatic rings. The van der Waals surface area contributed by atoms with Crippen molar-refractivity contribution in [2.24, 2.45) is 10.7 Å². The van der Waals surface area contributed by atoms with Crippen LogP contribution in [0.25, 0.3) is 16.5 Å². The van der Waals surface area contributed by atoms with Gasteiger partial charge in [0, 0.05) is 30.6 Å². The lowest BCUT2D eigenvalue weighted by Gasteiger charge is -2.30. The summed E-state index contributed by atoms with van der Waals surface area (Å²) < 4.78 is 5.43. The molecule has 10 nitrogen and oxygen atoms in total. The summed E-state index contributed by atoms with van der Waals surface area (Å²) in [5.41, 5.74) is 10.6. The van der Waals surface area contributed by atoms with Gasteiger partial charge in [0.25, 0.3) is 5.91 Å². The van der Waals surface area contributed by atoms with Crippen molar-refractivity contribution in [3.05, 3.63) is 65.8 Å². The molecule has 0 spiro atoms. The third kappa shape index (κ3) is 3.57. The standard InChI is InChI=1S/C24H24N8O2/c25-23(33)22-18(15-1-2-16-13-28-30-19(16)11-15)12-20(24-26-5-6-32(22)24)29-21-4-3-17(14-27-21)31-7-9-34-10-8-31/h1-4,11-14H,5-10H2,(H2,25,33)(H,27,29)(H,28,30). The number of carbonyl (C=O) groups excluding carboxylic acids is 1. The van der Waals surface area contributed by atoms with Crippen molar-refractivity contribution in [3.63, 3.8) is 0 Å². The lowest BCUT2D eigenvalue weighted by atomic mass is 9.97. The van der Waals surface area contributed by atoms with E-state index in [1.165, 1.54) is 0 Å². The fraction of sp³-hybridized carbons (Fsp3) is 0.250. The van der Waals surface area contributed by atoms with Crippen LogP contribution in [0, 0.1) is 0 Å². The molecule has 2 aromatic heterocycles. The second kappa shape index (κ2) is 8.31. The summed E-state index contributed by atoms with van der Waals surface area (Å²) in [7, 11) is 0. The number of hydrogen-bond acceptors (Lipinski definition) is 8. The summed E-state index contributed by atoms with van der Waals surface area (Å²) >= 11 is 0. The number of ether oxygens (including phenoxy) is 1. The number of amidine groups is 1. The monoisotopic (exact) mass is 456 g/mol. The van der Waals surface area contributed by atoms with Crippen molar-refractivity contribution in [1.82, 2.24) is 20.1 Å². The van der Waals surface area contributed by atoms with Crippen molar-refractivity contribution < 1.29 is 9.53 Å². The number of nitrogens with one attached hydrogen (secondary N) is 2. The second-order valence-electron chi connectivity index (χ2n) is 8.34. The highest BCUT2D eigenvalue weighted by molar-refractivity contribution is 6.15. The SMILES string of the molecule is NC(=O)C1=C(c2ccc3cn[nH]c3c2)C=C(Nc2ccc(N3CCOCC3)cn2)C2=NCCN21. The number of morpholine rings is 1. The van der Waals surface area contributed by atoms with Crippen molar-refractivity contribution in [1.29, 1.82) is 0 Å². The Kier molecular flexibility index (Phi) is 4.99. The topological polar surface area (TPSA) is 125 Å². The molecule has 1 saturated heterocycles. The first-order valence-electron chi connectivity index (χ1n) is 11.2. The first kappa shape index (κ1) is 20.4. The summed E-state index contributed by atoms with van der Waals surface area (Å²) in [4.78, 5) is 25.9. The fourth-order valence-corrected chi connectivity index (χ4v) is 4.61. The van der Waals surface area contributed by atoms with Gasteiger partial charge in [0.2, 0.25) is 0 Å². The number of pyridine rings is 1. The molecular weight excluding hydrogens is 432 g/mol. The van der Waals surface area contributed by atoms with Crippen molar-refractivity contribution in [2.45, 2.75) is 0 Å². The number of anilines is 2. The zero-order valence-electron chi connectivity index (χ0n) is 18.5. The van der Waals surface area contributed by atoms with E-state index in [1.54, 1.807) is 6.20 Å². The highest BCUT2D eigenvalue weighted by Gasteiger charge is 2.33. The maximum atomic E-state index is 12.5. The molecule has 0 bridgehead atoms. The van der Waals surface area contributed by atoms with Gasteiger partial charge in [-0.25, -0.2) is 4.98 Å². The smallest absolute Gasteiger partial charge is 0.266 e. The molecule has 0 atom stereocenters. The Labute approximate surface area is 195 Å². The Morgan fingerprint density at radius 2 is 2.00 bits per heavy atom. The summed E-state index contributed by atoms with van der Waals surface area (Å²) in [6, 6.07) is 9.92. The number of allylic oxidation sites excluding steroid dienone is 2. The van der Waals surface area contributed by atoms with Gasteiger partial charge in [-0.05, 0) is 29.8 Å². The number of rotatable bonds is 5. The second-order valence-corrected chi connectivity index (χ2v) is 8.34. The molecule has 4 N–H and O–H groups in total. The third-order valence-corrected chi connectivity index (χ3v) is 6.27. The van der Waals surface area contributed by atoms with Crippen molar-refractivity contribution in [2.75, 3.05) is 49.6 Å². The molecule has 10 heteroatoms. The number of amides is 1. The highest BCUT2D eigenvalue weighted by atomic mass is 16.5. The van der Waals surface area contributed by atoms with Gasteiger partial charge in [-0.2, -0.15) is 5.10 Å². The Morgan fingerprint density at radius 1 is 1.12 bits per heavy atom. The van der Waals surface area contributed by atoms with Gasteiger partial charge in [-0.3, -0.25) is 14.9 Å². The van der Waals surface area contributed by atoms with Crippen LogP contribution in [0.15, 0.2) is 65.2 Å². The number of benzene rings is 1. The van der Waals surface area contributed by atoms with E-state index >= 15 is 0 Å². The number of fused-ring (bicyclic) bond motifs is 2. The largest absolute Gasteiger partial charge is 0.378 e. The van der Waals surface area contributed by atoms with E-state index in [9.17, 15) is 4.79 Å². The van der Waals surface area contributed by atoms with Crippen LogP contribution < -0.4 is 16.0 Å². The van der Waals surface area contributed by atoms with Crippen LogP contribution in [0.2, 0.25) is 0 Å². The van der Waals surface area contributed by atoms with Crippen LogP contribution in [0.3, 0.4) is 0 Å². The van der Waals surface area contributed by atoms with Crippen LogP contribution in [0.4, 0.5) is 11.5 Å². The number of aromatic nitrogens is 3. The first-order valence-corrected chi connectivity index (χ1v) is 11.2. The summed E-state index contributed by atoms with van der Waals surface area (Å²) in [5, 5.41) is 11.5. The summed E-state index contributed by atoms with van der Waals surface area (Å²) in [6.45, 7) is 4.34. The molecule has 0 saturated carbocycles. The molecule has 172 valence electrons. The number of primary amides is 1. The van der Waals surface area contributed by atoms with Gasteiger partial charge in [-0.15, -0.1) is 0 Å². The highest BCUT2D eigenvalue weighted by Crippen LogP contribution is 2.33. The summed E-state index contributed by atoms with van der Waals surface area (Å²) in [6.07, 6.45) is 5.56. The predicted molar refractivity (Wildman–Crippen MR) is 130 cm³/mol. The van der Waals surface area contributed by atoms with E-state index < -0.39 is 5.91 Å². The van der Waals surface area contributed by atoms with E-state index in [1.807, 2.05) is 41.4 Å². The van der Waals surface area contributed by atoms with E-state index in [-0.39, 0.29) is 0 Å². The van der Waals surface area contributed by atoms with Gasteiger partial charge in [0.05, 0.1) is 49.1 Å². The van der Waals surface area contributed by atoms with E-state index in [0.29, 0.717) is 30.4 Å². The van der Waals surface area contributed by atoms with E-state index in [4.69, 9.17) is 10.5 Å². The molecule has 5 heterocycles. The number of carbonyl (C=O) groups is 1. The van der Waals surface area contributed by atoms with Crippen molar-refractivity contribution >= 4 is 39.7 Å². The zero-order valence-corrected chi connectivity index (χ0v) is 18.5. The summed E-state index contributed by atoms with van der Waals surface area (Å²) in [5.74, 6) is 0.903. The molecule has 6 rings (SSSR count). The Bertz CT molecular complexity index is 1350. The first-order chi connectivity index (χ1) is 16.7. The van der Waals surface area contributed by atoms with Crippen LogP contribution in [0.5, 0.6) is 0 Å². The third-order valence-electron chi connectivity index (χ3n) is 6.27. The number of nitrogens with zero attached hydrogens (tertiary/aromatic N) is 5. The average Bonchev–Trinajstić information content (AvgIpc) is 3.54. The number of nitrogens with two attached hydrogens (primary N) is 1. The minimum absolute atomic E-state index is 0.441. The quantitative estimate of drug-likeness (QED) is 0.534. The molecule has 1 aromatic carbocycles. The Hall–Kier alpha value is -4.18. The van der Waals surface area contributed by atoms with E-state index in [2.05, 4.69) is 36.5 Å². The van der Waals surface area contributed by atoms with E-state index in [0.717, 1.165) is 59.7 Å². The molecule has 0 unspecified atom stereocenters. The minimum Gasteiger partial charge on any atom is -0.378 e. The fourth-order valence-electron chi connectivity index (χ4n) is 4.61. The lowest BCUT2D eigenvalue weighted by molar-refractivity contribution is -0.115. The molecule has 1 fully saturated rings. The van der Waals surface area contributed by atoms with Gasteiger partial charge < -0.3 is 25.6 Å². The van der Waals surface area contributed by atoms with Crippen molar-refractivity contribution in [3.8, 4) is 0 Å². The lowest BCUT2D eigenvalue weighted by Crippen LogP contribution is -2.39. The number of aliphatic imine (C=N–C) groups is 1. The Morgan fingerprint density at radius 3 is 2.79 bits per heavy atom. The van der Waals surface area contributed by atoms with Gasteiger partial charge in [-0.1, -0.05) is 12.1 Å². The zero-order chi connectivity index (χ0) is 23.1. The van der Waals surface area contributed by atoms with Gasteiger partial charge >= 0.3 is 0 Å². The molecule has 34 heavy (non-hydrogen) atoms. The van der Waals surface area contributed by atoms with Crippen LogP contribution in [-0.2, 0) is 9.53 Å². The maximum Gasteiger partial charge on any atom is 0.266 e. The van der Waals surface area contributed by atoms with Crippen LogP contribution in [0.1, 0.15) is 5.56 Å². The van der Waals surface area contributed by atoms with Crippen LogP contribution in [-0.4, -0.2) is 71.2 Å². The molecule has 1 amide bonds.